The van der Waals surface area contributed by atoms with Crippen LogP contribution in [0.25, 0.3) is 6.08 Å². The molecule has 0 unspecified atom stereocenters. The van der Waals surface area contributed by atoms with Gasteiger partial charge in [0.25, 0.3) is 0 Å². The van der Waals surface area contributed by atoms with E-state index >= 15 is 0 Å². The zero-order valence-corrected chi connectivity index (χ0v) is 8.45. The maximum atomic E-state index is 12.6. The van der Waals surface area contributed by atoms with Crippen LogP contribution in [0.15, 0.2) is 24.3 Å². The van der Waals surface area contributed by atoms with Crippen molar-refractivity contribution in [1.82, 2.24) is 0 Å². The Morgan fingerprint density at radius 3 is 2.77 bits per heavy atom. The molecule has 0 fully saturated rings. The van der Waals surface area contributed by atoms with Crippen molar-refractivity contribution in [3.63, 3.8) is 0 Å². The van der Waals surface area contributed by atoms with Gasteiger partial charge in [-0.2, -0.15) is 0 Å². The second-order valence-electron chi connectivity index (χ2n) is 2.55. The lowest BCUT2D eigenvalue weighted by Gasteiger charge is -1.97. The molecule has 13 heavy (non-hydrogen) atoms. The molecular weight excluding hydrogens is 210 g/mol. The number of hydrogen-bond donors (Lipinski definition) is 0. The van der Waals surface area contributed by atoms with Gasteiger partial charge in [-0.3, -0.25) is 0 Å². The molecule has 0 aromatic heterocycles. The van der Waals surface area contributed by atoms with Gasteiger partial charge in [-0.1, -0.05) is 29.8 Å². The molecule has 0 saturated heterocycles. The topological polar surface area (TPSA) is 0 Å². The lowest BCUT2D eigenvalue weighted by molar-refractivity contribution is 0.628. The third-order valence-corrected chi connectivity index (χ3v) is 2.08. The Morgan fingerprint density at radius 1 is 1.38 bits per heavy atom. The van der Waals surface area contributed by atoms with Crippen LogP contribution in [-0.2, 0) is 0 Å². The Kier molecular flexibility index (Phi) is 4.26. The molecule has 0 N–H and O–H groups in total. The number of hydrogen-bond acceptors (Lipinski definition) is 0. The predicted molar refractivity (Wildman–Crippen MR) is 55.8 cm³/mol. The molecule has 1 aromatic carbocycles. The molecule has 0 atom stereocenters. The third kappa shape index (κ3) is 3.37. The minimum absolute atomic E-state index is 0.320. The number of benzene rings is 1. The summed E-state index contributed by atoms with van der Waals surface area (Å²) >= 11 is 11.3. The standard InChI is InChI=1S/C10H9Cl2F/c11-6-2-1-3-8-4-5-9(13)7-10(8)12/h1,3-5,7H,2,6H2. The summed E-state index contributed by atoms with van der Waals surface area (Å²) in [5.74, 6) is 0.259. The Labute approximate surface area is 87.0 Å². The summed E-state index contributed by atoms with van der Waals surface area (Å²) in [6.07, 6.45) is 4.53. The lowest BCUT2D eigenvalue weighted by Crippen LogP contribution is -1.78. The predicted octanol–water partition coefficient (Wildman–Crippen LogP) is 4.12. The molecule has 0 aliphatic heterocycles. The highest BCUT2D eigenvalue weighted by Crippen LogP contribution is 2.18. The van der Waals surface area contributed by atoms with Crippen LogP contribution in [0.4, 0.5) is 4.39 Å². The van der Waals surface area contributed by atoms with Gasteiger partial charge in [-0.05, 0) is 24.1 Å². The zero-order chi connectivity index (χ0) is 9.68. The van der Waals surface area contributed by atoms with Gasteiger partial charge >= 0.3 is 0 Å². The Morgan fingerprint density at radius 2 is 2.15 bits per heavy atom. The zero-order valence-electron chi connectivity index (χ0n) is 6.93. The normalized spacial score (nSPS) is 11.0. The van der Waals surface area contributed by atoms with Crippen LogP contribution in [0, 0.1) is 5.82 Å². The molecule has 0 saturated carbocycles. The van der Waals surface area contributed by atoms with Crippen molar-refractivity contribution in [2.45, 2.75) is 6.42 Å². The summed E-state index contributed by atoms with van der Waals surface area (Å²) in [6, 6.07) is 4.32. The fraction of sp³-hybridized carbons (Fsp3) is 0.200. The van der Waals surface area contributed by atoms with Gasteiger partial charge in [0, 0.05) is 5.88 Å². The van der Waals surface area contributed by atoms with E-state index in [0.717, 1.165) is 12.0 Å². The average molecular weight is 219 g/mol. The molecule has 0 amide bonds. The first kappa shape index (κ1) is 10.6. The summed E-state index contributed by atoms with van der Waals surface area (Å²) in [5.41, 5.74) is 0.813. The minimum Gasteiger partial charge on any atom is -0.207 e. The van der Waals surface area contributed by atoms with E-state index in [1.807, 2.05) is 12.2 Å². The second kappa shape index (κ2) is 5.25. The molecule has 1 rings (SSSR count). The molecule has 0 nitrogen and oxygen atoms in total. The van der Waals surface area contributed by atoms with Crippen LogP contribution in [-0.4, -0.2) is 5.88 Å². The molecule has 3 heteroatoms. The highest BCUT2D eigenvalue weighted by molar-refractivity contribution is 6.32. The van der Waals surface area contributed by atoms with Crippen molar-refractivity contribution in [3.05, 3.63) is 40.7 Å². The Hall–Kier alpha value is -0.530. The monoisotopic (exact) mass is 218 g/mol. The fourth-order valence-electron chi connectivity index (χ4n) is 0.910. The molecular formula is C10H9Cl2F. The van der Waals surface area contributed by atoms with E-state index in [4.69, 9.17) is 23.2 Å². The van der Waals surface area contributed by atoms with Gasteiger partial charge in [0.15, 0.2) is 0 Å². The maximum Gasteiger partial charge on any atom is 0.124 e. The SMILES string of the molecule is Fc1ccc(C=CCCCl)c(Cl)c1. The highest BCUT2D eigenvalue weighted by atomic mass is 35.5. The Bertz CT molecular complexity index is 308. The van der Waals surface area contributed by atoms with Crippen LogP contribution in [0.3, 0.4) is 0 Å². The first-order valence-electron chi connectivity index (χ1n) is 3.91. The van der Waals surface area contributed by atoms with Crippen LogP contribution < -0.4 is 0 Å². The number of alkyl halides is 1. The maximum absolute atomic E-state index is 12.6. The van der Waals surface area contributed by atoms with Gasteiger partial charge in [0.05, 0.1) is 5.02 Å². The summed E-state index contributed by atoms with van der Waals surface area (Å²) < 4.78 is 12.6. The van der Waals surface area contributed by atoms with Crippen molar-refractivity contribution < 1.29 is 4.39 Å². The van der Waals surface area contributed by atoms with Gasteiger partial charge in [-0.25, -0.2) is 4.39 Å². The quantitative estimate of drug-likeness (QED) is 0.670. The lowest BCUT2D eigenvalue weighted by atomic mass is 10.2. The van der Waals surface area contributed by atoms with Gasteiger partial charge in [-0.15, -0.1) is 11.6 Å². The number of rotatable bonds is 3. The molecule has 70 valence electrons. The number of halogens is 3. The highest BCUT2D eigenvalue weighted by Gasteiger charge is 1.97. The summed E-state index contributed by atoms with van der Waals surface area (Å²) in [7, 11) is 0. The Balaban J connectivity index is 2.77. The largest absolute Gasteiger partial charge is 0.207 e. The third-order valence-electron chi connectivity index (χ3n) is 1.54. The van der Waals surface area contributed by atoms with E-state index in [1.165, 1.54) is 12.1 Å². The molecule has 0 aliphatic carbocycles. The van der Waals surface area contributed by atoms with Gasteiger partial charge < -0.3 is 0 Å². The van der Waals surface area contributed by atoms with E-state index < -0.39 is 0 Å². The molecule has 0 spiro atoms. The summed E-state index contributed by atoms with van der Waals surface area (Å²) in [4.78, 5) is 0. The van der Waals surface area contributed by atoms with Gasteiger partial charge in [0.2, 0.25) is 0 Å². The second-order valence-corrected chi connectivity index (χ2v) is 3.33. The van der Waals surface area contributed by atoms with Crippen molar-refractivity contribution >= 4 is 29.3 Å². The molecule has 0 heterocycles. The van der Waals surface area contributed by atoms with Crippen LogP contribution in [0.5, 0.6) is 0 Å². The van der Waals surface area contributed by atoms with Crippen LogP contribution in [0.2, 0.25) is 5.02 Å². The molecule has 1 aromatic rings. The van der Waals surface area contributed by atoms with Crippen molar-refractivity contribution in [2.24, 2.45) is 0 Å². The molecule has 0 radical (unpaired) electrons. The molecule has 0 bridgehead atoms. The van der Waals surface area contributed by atoms with Gasteiger partial charge in [0.1, 0.15) is 5.82 Å². The van der Waals surface area contributed by atoms with Crippen LogP contribution in [0.1, 0.15) is 12.0 Å². The van der Waals surface area contributed by atoms with E-state index in [1.54, 1.807) is 6.07 Å². The first-order valence-corrected chi connectivity index (χ1v) is 4.83. The van der Waals surface area contributed by atoms with E-state index in [0.29, 0.717) is 10.9 Å². The van der Waals surface area contributed by atoms with Crippen molar-refractivity contribution in [2.75, 3.05) is 5.88 Å². The van der Waals surface area contributed by atoms with E-state index in [2.05, 4.69) is 0 Å². The smallest absolute Gasteiger partial charge is 0.124 e. The number of allylic oxidation sites excluding steroid dienone is 1. The fourth-order valence-corrected chi connectivity index (χ4v) is 1.27. The van der Waals surface area contributed by atoms with Crippen LogP contribution >= 0.6 is 23.2 Å². The average Bonchev–Trinajstić information content (AvgIpc) is 2.09. The summed E-state index contributed by atoms with van der Waals surface area (Å²) in [5, 5.41) is 0.422. The van der Waals surface area contributed by atoms with Crippen molar-refractivity contribution in [3.8, 4) is 0 Å². The van der Waals surface area contributed by atoms with E-state index in [9.17, 15) is 4.39 Å². The first-order chi connectivity index (χ1) is 6.24. The van der Waals surface area contributed by atoms with Crippen molar-refractivity contribution in [1.29, 1.82) is 0 Å². The summed E-state index contributed by atoms with van der Waals surface area (Å²) in [6.45, 7) is 0. The van der Waals surface area contributed by atoms with E-state index in [-0.39, 0.29) is 5.82 Å². The molecule has 0 aliphatic rings. The minimum atomic E-state index is -0.320.